The van der Waals surface area contributed by atoms with E-state index in [1.807, 2.05) is 71.6 Å². The van der Waals surface area contributed by atoms with Gasteiger partial charge in [-0.25, -0.2) is 0 Å². The van der Waals surface area contributed by atoms with Crippen molar-refractivity contribution in [3.63, 3.8) is 0 Å². The Hall–Kier alpha value is -3.47. The molecule has 0 N–H and O–H groups in total. The molecule has 5 rings (SSSR count). The zero-order chi connectivity index (χ0) is 19.3. The molecule has 5 aromatic rings. The molecular formula is C23H15F3N2. The number of fused-ring (bicyclic) bond motifs is 2. The van der Waals surface area contributed by atoms with Crippen molar-refractivity contribution in [3.05, 3.63) is 96.8 Å². The predicted molar refractivity (Wildman–Crippen MR) is 105 cm³/mol. The van der Waals surface area contributed by atoms with Crippen LogP contribution in [0.4, 0.5) is 13.2 Å². The Bertz CT molecular complexity index is 1310. The van der Waals surface area contributed by atoms with Crippen LogP contribution >= 0.6 is 0 Å². The van der Waals surface area contributed by atoms with Crippen molar-refractivity contribution in [1.82, 2.24) is 9.13 Å². The third-order valence-electron chi connectivity index (χ3n) is 5.00. The maximum Gasteiger partial charge on any atom is 0.416 e. The molecule has 0 saturated carbocycles. The molecule has 3 aromatic carbocycles. The quantitative estimate of drug-likeness (QED) is 0.329. The Kier molecular flexibility index (Phi) is 3.59. The fourth-order valence-electron chi connectivity index (χ4n) is 3.69. The van der Waals surface area contributed by atoms with Crippen molar-refractivity contribution in [1.29, 1.82) is 0 Å². The number of halogens is 3. The Morgan fingerprint density at radius 2 is 1.43 bits per heavy atom. The van der Waals surface area contributed by atoms with Crippen LogP contribution in [0.1, 0.15) is 5.56 Å². The summed E-state index contributed by atoms with van der Waals surface area (Å²) in [6, 6.07) is 23.2. The van der Waals surface area contributed by atoms with Crippen molar-refractivity contribution < 1.29 is 13.2 Å². The summed E-state index contributed by atoms with van der Waals surface area (Å²) >= 11 is 0. The minimum atomic E-state index is -4.38. The molecule has 0 saturated heterocycles. The van der Waals surface area contributed by atoms with Crippen LogP contribution in [-0.4, -0.2) is 9.13 Å². The first-order chi connectivity index (χ1) is 13.5. The summed E-state index contributed by atoms with van der Waals surface area (Å²) in [5.74, 6) is 0. The molecule has 2 aromatic heterocycles. The first kappa shape index (κ1) is 16.7. The Balaban J connectivity index is 1.77. The van der Waals surface area contributed by atoms with E-state index < -0.39 is 11.7 Å². The molecule has 0 aliphatic rings. The van der Waals surface area contributed by atoms with Gasteiger partial charge in [-0.3, -0.25) is 0 Å². The largest absolute Gasteiger partial charge is 0.416 e. The summed E-state index contributed by atoms with van der Waals surface area (Å²) in [5.41, 5.74) is 2.66. The minimum absolute atomic E-state index is 0.480. The maximum absolute atomic E-state index is 13.2. The van der Waals surface area contributed by atoms with E-state index >= 15 is 0 Å². The van der Waals surface area contributed by atoms with Crippen LogP contribution in [0.25, 0.3) is 33.2 Å². The lowest BCUT2D eigenvalue weighted by Gasteiger charge is -2.10. The number of hydrogen-bond donors (Lipinski definition) is 0. The van der Waals surface area contributed by atoms with Crippen molar-refractivity contribution in [2.75, 3.05) is 0 Å². The van der Waals surface area contributed by atoms with E-state index in [0.717, 1.165) is 33.6 Å². The second kappa shape index (κ2) is 6.02. The highest BCUT2D eigenvalue weighted by Gasteiger charge is 2.30. The van der Waals surface area contributed by atoms with Crippen molar-refractivity contribution in [2.24, 2.45) is 0 Å². The van der Waals surface area contributed by atoms with E-state index in [9.17, 15) is 13.2 Å². The number of alkyl halides is 3. The number of benzene rings is 3. The van der Waals surface area contributed by atoms with E-state index in [1.54, 1.807) is 6.07 Å². The van der Waals surface area contributed by atoms with Gasteiger partial charge in [0.15, 0.2) is 0 Å². The lowest BCUT2D eigenvalue weighted by molar-refractivity contribution is -0.137. The average Bonchev–Trinajstić information content (AvgIpc) is 3.29. The fraction of sp³-hybridized carbons (Fsp3) is 0.0435. The van der Waals surface area contributed by atoms with Gasteiger partial charge in [-0.2, -0.15) is 13.2 Å². The molecular weight excluding hydrogens is 361 g/mol. The summed E-state index contributed by atoms with van der Waals surface area (Å²) < 4.78 is 43.4. The van der Waals surface area contributed by atoms with Gasteiger partial charge in [-0.1, -0.05) is 42.5 Å². The zero-order valence-corrected chi connectivity index (χ0v) is 14.7. The summed E-state index contributed by atoms with van der Waals surface area (Å²) in [7, 11) is 0. The molecule has 0 aliphatic carbocycles. The molecule has 138 valence electrons. The van der Waals surface area contributed by atoms with Crippen LogP contribution in [0.2, 0.25) is 0 Å². The molecule has 0 amide bonds. The molecule has 5 heteroatoms. The second-order valence-corrected chi connectivity index (χ2v) is 6.69. The number of rotatable bonds is 2. The van der Waals surface area contributed by atoms with Gasteiger partial charge in [-0.05, 0) is 41.8 Å². The average molecular weight is 376 g/mol. The lowest BCUT2D eigenvalue weighted by atomic mass is 10.2. The molecule has 28 heavy (non-hydrogen) atoms. The van der Waals surface area contributed by atoms with E-state index in [4.69, 9.17) is 0 Å². The molecule has 0 unspecified atom stereocenters. The van der Waals surface area contributed by atoms with E-state index in [1.165, 1.54) is 12.1 Å². The number of aromatic nitrogens is 2. The Labute approximate surface area is 159 Å². The number of hydrogen-bond acceptors (Lipinski definition) is 0. The number of para-hydroxylation sites is 2. The van der Waals surface area contributed by atoms with Crippen LogP contribution < -0.4 is 0 Å². The van der Waals surface area contributed by atoms with Crippen LogP contribution in [0, 0.1) is 0 Å². The fourth-order valence-corrected chi connectivity index (χ4v) is 3.69. The summed E-state index contributed by atoms with van der Waals surface area (Å²) in [6.07, 6.45) is -0.492. The Morgan fingerprint density at radius 1 is 0.679 bits per heavy atom. The molecule has 0 fully saturated rings. The predicted octanol–water partition coefficient (Wildman–Crippen LogP) is 6.59. The number of nitrogens with zero attached hydrogens (tertiary/aromatic N) is 2. The molecule has 2 nitrogen and oxygen atoms in total. The minimum Gasteiger partial charge on any atom is -0.314 e. The van der Waals surface area contributed by atoms with Gasteiger partial charge in [0, 0.05) is 23.5 Å². The third kappa shape index (κ3) is 2.59. The van der Waals surface area contributed by atoms with Crippen LogP contribution in [0.15, 0.2) is 91.3 Å². The van der Waals surface area contributed by atoms with Crippen molar-refractivity contribution >= 4 is 21.8 Å². The van der Waals surface area contributed by atoms with Gasteiger partial charge in [-0.15, -0.1) is 0 Å². The highest BCUT2D eigenvalue weighted by Crippen LogP contribution is 2.33. The third-order valence-corrected chi connectivity index (χ3v) is 5.00. The van der Waals surface area contributed by atoms with E-state index in [0.29, 0.717) is 5.69 Å². The molecule has 0 atom stereocenters. The van der Waals surface area contributed by atoms with Gasteiger partial charge in [0.1, 0.15) is 0 Å². The van der Waals surface area contributed by atoms with Gasteiger partial charge >= 0.3 is 6.18 Å². The highest BCUT2D eigenvalue weighted by atomic mass is 19.4. The molecule has 0 bridgehead atoms. The van der Waals surface area contributed by atoms with Crippen molar-refractivity contribution in [2.45, 2.75) is 6.18 Å². The summed E-state index contributed by atoms with van der Waals surface area (Å²) in [4.78, 5) is 0. The zero-order valence-electron chi connectivity index (χ0n) is 14.7. The summed E-state index contributed by atoms with van der Waals surface area (Å²) in [6.45, 7) is 0. The van der Waals surface area contributed by atoms with Crippen LogP contribution in [0.3, 0.4) is 0 Å². The highest BCUT2D eigenvalue weighted by molar-refractivity contribution is 5.93. The molecule has 0 radical (unpaired) electrons. The smallest absolute Gasteiger partial charge is 0.314 e. The van der Waals surface area contributed by atoms with Crippen molar-refractivity contribution in [3.8, 4) is 11.4 Å². The molecule has 0 spiro atoms. The van der Waals surface area contributed by atoms with E-state index in [2.05, 4.69) is 4.57 Å². The summed E-state index contributed by atoms with van der Waals surface area (Å²) in [5, 5.41) is 2.08. The molecule has 0 aliphatic heterocycles. The normalized spacial score (nSPS) is 12.1. The lowest BCUT2D eigenvalue weighted by Crippen LogP contribution is -2.05. The van der Waals surface area contributed by atoms with Crippen LogP contribution in [0.5, 0.6) is 0 Å². The SMILES string of the molecule is FC(F)(F)c1cccc(-n2cc(-n3ccc4ccccc43)c3ccccc32)c1. The van der Waals surface area contributed by atoms with Gasteiger partial charge in [0.05, 0.1) is 22.3 Å². The molecule has 2 heterocycles. The second-order valence-electron chi connectivity index (χ2n) is 6.69. The standard InChI is InChI=1S/C23H15F3N2/c24-23(25,26)17-7-5-8-18(14-17)28-15-22(19-9-2-4-11-21(19)28)27-13-12-16-6-1-3-10-20(16)27/h1-15H. The van der Waals surface area contributed by atoms with E-state index in [-0.39, 0.29) is 0 Å². The monoisotopic (exact) mass is 376 g/mol. The van der Waals surface area contributed by atoms with Gasteiger partial charge in [0.2, 0.25) is 0 Å². The van der Waals surface area contributed by atoms with Gasteiger partial charge < -0.3 is 9.13 Å². The Morgan fingerprint density at radius 3 is 2.25 bits per heavy atom. The van der Waals surface area contributed by atoms with Gasteiger partial charge in [0.25, 0.3) is 0 Å². The first-order valence-corrected chi connectivity index (χ1v) is 8.86. The maximum atomic E-state index is 13.2. The van der Waals surface area contributed by atoms with Crippen LogP contribution in [-0.2, 0) is 6.18 Å². The first-order valence-electron chi connectivity index (χ1n) is 8.86. The topological polar surface area (TPSA) is 9.86 Å².